The number of aliphatic hydroxyl groups is 1. The van der Waals surface area contributed by atoms with Crippen LogP contribution < -0.4 is 5.73 Å². The summed E-state index contributed by atoms with van der Waals surface area (Å²) < 4.78 is 0. The maximum atomic E-state index is 10.1. The predicted octanol–water partition coefficient (Wildman–Crippen LogP) is 4.35. The summed E-state index contributed by atoms with van der Waals surface area (Å²) in [7, 11) is 0. The van der Waals surface area contributed by atoms with Crippen molar-refractivity contribution in [2.45, 2.75) is 90.7 Å². The fraction of sp³-hybridized carbons (Fsp3) is 1.00. The van der Waals surface area contributed by atoms with Gasteiger partial charge >= 0.3 is 0 Å². The molecule has 0 aromatic carbocycles. The molecule has 2 heteroatoms. The third-order valence-corrected chi connectivity index (χ3v) is 9.35. The zero-order valence-electron chi connectivity index (χ0n) is 15.4. The van der Waals surface area contributed by atoms with E-state index in [-0.39, 0.29) is 6.10 Å². The first kappa shape index (κ1) is 16.4. The molecule has 0 radical (unpaired) electrons. The zero-order chi connectivity index (χ0) is 16.4. The molecule has 0 saturated heterocycles. The maximum Gasteiger partial charge on any atom is 0.0543 e. The lowest BCUT2D eigenvalue weighted by atomic mass is 9.44. The summed E-state index contributed by atoms with van der Waals surface area (Å²) in [5.41, 5.74) is 7.39. The molecule has 0 spiro atoms. The van der Waals surface area contributed by atoms with Gasteiger partial charge in [0, 0.05) is 6.04 Å². The van der Waals surface area contributed by atoms with E-state index in [2.05, 4.69) is 20.8 Å². The average molecular weight is 320 g/mol. The minimum absolute atomic E-state index is 0.0209. The van der Waals surface area contributed by atoms with E-state index in [9.17, 15) is 5.11 Å². The highest BCUT2D eigenvalue weighted by Gasteiger charge is 2.60. The van der Waals surface area contributed by atoms with E-state index < -0.39 is 0 Å². The van der Waals surface area contributed by atoms with Crippen molar-refractivity contribution in [3.8, 4) is 0 Å². The Morgan fingerprint density at radius 2 is 1.61 bits per heavy atom. The second-order valence-corrected chi connectivity index (χ2v) is 10.2. The molecule has 0 bridgehead atoms. The van der Waals surface area contributed by atoms with Crippen LogP contribution in [0.5, 0.6) is 0 Å². The molecular weight excluding hydrogens is 282 g/mol. The molecule has 4 aliphatic rings. The SMILES string of the molecule is CC(N)[C@H]1CC[C@H]2[C@@H]3CCC4C[C@@H](O)CC[C@]4(C)[C@H]3CC[C@]12C. The normalized spacial score (nSPS) is 57.3. The summed E-state index contributed by atoms with van der Waals surface area (Å²) >= 11 is 0. The van der Waals surface area contributed by atoms with Gasteiger partial charge in [-0.2, -0.15) is 0 Å². The second kappa shape index (κ2) is 5.46. The first-order chi connectivity index (χ1) is 10.9. The van der Waals surface area contributed by atoms with Crippen LogP contribution in [-0.2, 0) is 0 Å². The Kier molecular flexibility index (Phi) is 3.89. The molecule has 4 aliphatic carbocycles. The first-order valence-electron chi connectivity index (χ1n) is 10.3. The van der Waals surface area contributed by atoms with Crippen LogP contribution in [0.1, 0.15) is 78.6 Å². The van der Waals surface area contributed by atoms with Gasteiger partial charge < -0.3 is 10.8 Å². The quantitative estimate of drug-likeness (QED) is 0.754. The van der Waals surface area contributed by atoms with E-state index in [0.717, 1.165) is 42.4 Å². The Hall–Kier alpha value is -0.0800. The number of hydrogen-bond donors (Lipinski definition) is 2. The molecule has 9 atom stereocenters. The van der Waals surface area contributed by atoms with E-state index in [0.29, 0.717) is 16.9 Å². The van der Waals surface area contributed by atoms with Crippen LogP contribution in [0, 0.1) is 40.4 Å². The third-order valence-electron chi connectivity index (χ3n) is 9.35. The standard InChI is InChI=1S/C21H37NO/c1-13(22)17-6-7-18-16-5-4-14-12-15(23)8-10-20(14,2)19(16)9-11-21(17,18)3/h13-19,23H,4-12,22H2,1-3H3/t13?,14?,15-,16-,17+,18-,19-,20-,21+/m0/s1. The van der Waals surface area contributed by atoms with Crippen LogP contribution in [0.15, 0.2) is 0 Å². The summed E-state index contributed by atoms with van der Waals surface area (Å²) in [5, 5.41) is 10.1. The molecule has 0 amide bonds. The highest BCUT2D eigenvalue weighted by molar-refractivity contribution is 5.10. The van der Waals surface area contributed by atoms with Crippen molar-refractivity contribution in [3.05, 3.63) is 0 Å². The van der Waals surface area contributed by atoms with Gasteiger partial charge in [-0.05, 0) is 105 Å². The van der Waals surface area contributed by atoms with Gasteiger partial charge in [0.15, 0.2) is 0 Å². The third kappa shape index (κ3) is 2.27. The van der Waals surface area contributed by atoms with E-state index in [1.54, 1.807) is 0 Å². The lowest BCUT2D eigenvalue weighted by Crippen LogP contribution is -2.54. The van der Waals surface area contributed by atoms with Crippen LogP contribution >= 0.6 is 0 Å². The Morgan fingerprint density at radius 3 is 2.35 bits per heavy atom. The van der Waals surface area contributed by atoms with Crippen LogP contribution in [-0.4, -0.2) is 17.3 Å². The molecular formula is C21H37NO. The first-order valence-corrected chi connectivity index (χ1v) is 10.3. The molecule has 0 aromatic rings. The number of fused-ring (bicyclic) bond motifs is 5. The topological polar surface area (TPSA) is 46.2 Å². The Morgan fingerprint density at radius 1 is 0.913 bits per heavy atom. The maximum absolute atomic E-state index is 10.1. The summed E-state index contributed by atoms with van der Waals surface area (Å²) in [6.07, 6.45) is 11.7. The van der Waals surface area contributed by atoms with E-state index in [1.165, 1.54) is 44.9 Å². The highest BCUT2D eigenvalue weighted by atomic mass is 16.3. The number of hydrogen-bond acceptors (Lipinski definition) is 2. The van der Waals surface area contributed by atoms with Crippen molar-refractivity contribution in [1.82, 2.24) is 0 Å². The molecule has 4 fully saturated rings. The smallest absolute Gasteiger partial charge is 0.0543 e. The molecule has 2 unspecified atom stereocenters. The van der Waals surface area contributed by atoms with Crippen LogP contribution in [0.3, 0.4) is 0 Å². The van der Waals surface area contributed by atoms with Gasteiger partial charge in [0.05, 0.1) is 6.10 Å². The van der Waals surface area contributed by atoms with Crippen molar-refractivity contribution >= 4 is 0 Å². The monoisotopic (exact) mass is 319 g/mol. The second-order valence-electron chi connectivity index (χ2n) is 10.2. The van der Waals surface area contributed by atoms with Gasteiger partial charge in [-0.25, -0.2) is 0 Å². The van der Waals surface area contributed by atoms with Gasteiger partial charge in [-0.1, -0.05) is 13.8 Å². The van der Waals surface area contributed by atoms with Crippen molar-refractivity contribution in [2.24, 2.45) is 46.2 Å². The molecule has 0 aromatic heterocycles. The van der Waals surface area contributed by atoms with E-state index >= 15 is 0 Å². The Labute approximate surface area is 142 Å². The van der Waals surface area contributed by atoms with Gasteiger partial charge in [0.25, 0.3) is 0 Å². The molecule has 4 saturated carbocycles. The molecule has 132 valence electrons. The Bertz CT molecular complexity index is 463. The van der Waals surface area contributed by atoms with Crippen molar-refractivity contribution in [2.75, 3.05) is 0 Å². The lowest BCUT2D eigenvalue weighted by molar-refractivity contribution is -0.127. The molecule has 0 aliphatic heterocycles. The van der Waals surface area contributed by atoms with Gasteiger partial charge in [-0.15, -0.1) is 0 Å². The fourth-order valence-corrected chi connectivity index (χ4v) is 8.14. The lowest BCUT2D eigenvalue weighted by Gasteiger charge is -2.61. The Balaban J connectivity index is 1.60. The minimum atomic E-state index is -0.0209. The fourth-order valence-electron chi connectivity index (χ4n) is 8.14. The molecule has 2 nitrogen and oxygen atoms in total. The molecule has 0 heterocycles. The van der Waals surface area contributed by atoms with Crippen molar-refractivity contribution in [1.29, 1.82) is 0 Å². The van der Waals surface area contributed by atoms with Gasteiger partial charge in [-0.3, -0.25) is 0 Å². The van der Waals surface area contributed by atoms with Crippen molar-refractivity contribution < 1.29 is 5.11 Å². The van der Waals surface area contributed by atoms with Crippen molar-refractivity contribution in [3.63, 3.8) is 0 Å². The number of aliphatic hydroxyl groups excluding tert-OH is 1. The summed E-state index contributed by atoms with van der Waals surface area (Å²) in [6, 6.07) is 0.360. The van der Waals surface area contributed by atoms with Crippen LogP contribution in [0.4, 0.5) is 0 Å². The van der Waals surface area contributed by atoms with E-state index in [4.69, 9.17) is 5.73 Å². The van der Waals surface area contributed by atoms with Gasteiger partial charge in [0.1, 0.15) is 0 Å². The number of rotatable bonds is 1. The van der Waals surface area contributed by atoms with E-state index in [1.807, 2.05) is 0 Å². The largest absolute Gasteiger partial charge is 0.393 e. The summed E-state index contributed by atoms with van der Waals surface area (Å²) in [4.78, 5) is 0. The molecule has 3 N–H and O–H groups in total. The molecule has 23 heavy (non-hydrogen) atoms. The highest BCUT2D eigenvalue weighted by Crippen LogP contribution is 2.67. The average Bonchev–Trinajstić information content (AvgIpc) is 2.85. The molecule has 4 rings (SSSR count). The summed E-state index contributed by atoms with van der Waals surface area (Å²) in [6.45, 7) is 7.40. The minimum Gasteiger partial charge on any atom is -0.393 e. The zero-order valence-corrected chi connectivity index (χ0v) is 15.4. The summed E-state index contributed by atoms with van der Waals surface area (Å²) in [5.74, 6) is 4.30. The van der Waals surface area contributed by atoms with Crippen LogP contribution in [0.25, 0.3) is 0 Å². The predicted molar refractivity (Wildman–Crippen MR) is 94.9 cm³/mol. The number of nitrogens with two attached hydrogens (primary N) is 1. The van der Waals surface area contributed by atoms with Gasteiger partial charge in [0.2, 0.25) is 0 Å². The van der Waals surface area contributed by atoms with Crippen LogP contribution in [0.2, 0.25) is 0 Å².